The van der Waals surface area contributed by atoms with Crippen LogP contribution >= 0.6 is 0 Å². The highest BCUT2D eigenvalue weighted by Gasteiger charge is 2.40. The molecule has 3 rings (SSSR count). The van der Waals surface area contributed by atoms with Gasteiger partial charge in [0.05, 0.1) is 25.4 Å². The lowest BCUT2D eigenvalue weighted by Crippen LogP contribution is -2.45. The van der Waals surface area contributed by atoms with E-state index in [0.717, 1.165) is 76.5 Å². The highest BCUT2D eigenvalue weighted by Crippen LogP contribution is 2.42. The fourth-order valence-corrected chi connectivity index (χ4v) is 5.03. The van der Waals surface area contributed by atoms with Crippen LogP contribution in [0.1, 0.15) is 82.8 Å². The molecule has 1 saturated heterocycles. The van der Waals surface area contributed by atoms with Crippen molar-refractivity contribution < 1.29 is 14.6 Å². The lowest BCUT2D eigenvalue weighted by Gasteiger charge is -2.41. The maximum atomic E-state index is 12.5. The molecule has 1 N–H and O–H groups in total. The third-order valence-corrected chi connectivity index (χ3v) is 7.30. The van der Waals surface area contributed by atoms with Crippen molar-refractivity contribution in [2.45, 2.75) is 77.2 Å². The molecule has 0 unspecified atom stereocenters. The Morgan fingerprint density at radius 1 is 0.943 bits per heavy atom. The molecule has 0 spiro atoms. The second-order valence-electron chi connectivity index (χ2n) is 10.5. The molecular weight excluding hydrogens is 434 g/mol. The molecule has 1 aliphatic rings. The molecule has 4 nitrogen and oxygen atoms in total. The maximum absolute atomic E-state index is 12.5. The van der Waals surface area contributed by atoms with Gasteiger partial charge in [0.15, 0.2) is 0 Å². The minimum Gasteiger partial charge on any atom is -0.494 e. The summed E-state index contributed by atoms with van der Waals surface area (Å²) in [7, 11) is 0. The summed E-state index contributed by atoms with van der Waals surface area (Å²) in [6.45, 7) is 11.6. The van der Waals surface area contributed by atoms with E-state index < -0.39 is 5.60 Å². The zero-order valence-electron chi connectivity index (χ0n) is 22.3. The van der Waals surface area contributed by atoms with Gasteiger partial charge in [-0.2, -0.15) is 0 Å². The molecule has 1 fully saturated rings. The Kier molecular flexibility index (Phi) is 11.6. The fourth-order valence-electron chi connectivity index (χ4n) is 5.03. The first-order valence-corrected chi connectivity index (χ1v) is 13.8. The number of nitrogens with zero attached hydrogens (tertiary/aromatic N) is 1. The van der Waals surface area contributed by atoms with Crippen molar-refractivity contribution >= 4 is 0 Å². The van der Waals surface area contributed by atoms with Crippen LogP contribution in [0.3, 0.4) is 0 Å². The van der Waals surface area contributed by atoms with Crippen molar-refractivity contribution in [3.63, 3.8) is 0 Å². The molecule has 4 heteroatoms. The van der Waals surface area contributed by atoms with E-state index in [0.29, 0.717) is 5.92 Å². The standard InChI is InChI=1S/C31H47NO3/c1-4-5-6-7-11-19-31(33,28-14-16-29(17-15-28)35-22-18-26(2)3)30(27-12-9-8-10-13-27)25-32-20-23-34-24-21-32/h8-10,12-17,26,30,33H,4-7,11,18-25H2,1-3H3/t30-,31-/m0/s1. The summed E-state index contributed by atoms with van der Waals surface area (Å²) in [5, 5.41) is 12.5. The average Bonchev–Trinajstić information content (AvgIpc) is 2.88. The summed E-state index contributed by atoms with van der Waals surface area (Å²) >= 11 is 0. The molecule has 1 heterocycles. The highest BCUT2D eigenvalue weighted by molar-refractivity contribution is 5.35. The number of hydrogen-bond acceptors (Lipinski definition) is 4. The van der Waals surface area contributed by atoms with Crippen molar-refractivity contribution in [2.75, 3.05) is 39.5 Å². The van der Waals surface area contributed by atoms with Crippen molar-refractivity contribution in [1.29, 1.82) is 0 Å². The monoisotopic (exact) mass is 481 g/mol. The summed E-state index contributed by atoms with van der Waals surface area (Å²) in [6, 6.07) is 18.8. The van der Waals surface area contributed by atoms with Crippen molar-refractivity contribution in [2.24, 2.45) is 5.92 Å². The van der Waals surface area contributed by atoms with Crippen LogP contribution in [0.4, 0.5) is 0 Å². The predicted octanol–water partition coefficient (Wildman–Crippen LogP) is 6.78. The van der Waals surface area contributed by atoms with Crippen LogP contribution < -0.4 is 4.74 Å². The molecule has 35 heavy (non-hydrogen) atoms. The Morgan fingerprint density at radius 3 is 2.29 bits per heavy atom. The van der Waals surface area contributed by atoms with Gasteiger partial charge in [-0.25, -0.2) is 0 Å². The summed E-state index contributed by atoms with van der Waals surface area (Å²) in [5.41, 5.74) is 1.25. The molecule has 0 aliphatic carbocycles. The van der Waals surface area contributed by atoms with Crippen LogP contribution in [0.2, 0.25) is 0 Å². The van der Waals surface area contributed by atoms with Gasteiger partial charge in [-0.05, 0) is 42.0 Å². The van der Waals surface area contributed by atoms with Crippen LogP contribution in [0.5, 0.6) is 5.75 Å². The number of morpholine rings is 1. The van der Waals surface area contributed by atoms with E-state index in [-0.39, 0.29) is 5.92 Å². The predicted molar refractivity (Wildman–Crippen MR) is 145 cm³/mol. The van der Waals surface area contributed by atoms with E-state index in [1.165, 1.54) is 24.8 Å². The Bertz CT molecular complexity index is 817. The third-order valence-electron chi connectivity index (χ3n) is 7.30. The number of unbranched alkanes of at least 4 members (excludes halogenated alkanes) is 4. The maximum Gasteiger partial charge on any atom is 0.119 e. The van der Waals surface area contributed by atoms with Crippen molar-refractivity contribution in [3.8, 4) is 5.75 Å². The molecule has 2 atom stereocenters. The molecule has 2 aromatic carbocycles. The number of benzene rings is 2. The molecule has 0 saturated carbocycles. The summed E-state index contributed by atoms with van der Waals surface area (Å²) in [5.74, 6) is 1.49. The van der Waals surface area contributed by atoms with Gasteiger partial charge in [0.25, 0.3) is 0 Å². The SMILES string of the molecule is CCCCCCC[C@](O)(c1ccc(OCCC(C)C)cc1)[C@@H](CN1CCOCC1)c1ccccc1. The van der Waals surface area contributed by atoms with Crippen LogP contribution in [-0.2, 0) is 10.3 Å². The van der Waals surface area contributed by atoms with E-state index >= 15 is 0 Å². The van der Waals surface area contributed by atoms with Gasteiger partial charge in [-0.1, -0.05) is 95.3 Å². The third kappa shape index (κ3) is 8.63. The first-order chi connectivity index (χ1) is 17.0. The zero-order valence-corrected chi connectivity index (χ0v) is 22.3. The topological polar surface area (TPSA) is 41.9 Å². The first-order valence-electron chi connectivity index (χ1n) is 13.8. The van der Waals surface area contributed by atoms with Gasteiger partial charge >= 0.3 is 0 Å². The van der Waals surface area contributed by atoms with Gasteiger partial charge in [0.1, 0.15) is 5.75 Å². The van der Waals surface area contributed by atoms with Crippen LogP contribution in [-0.4, -0.2) is 49.5 Å². The van der Waals surface area contributed by atoms with Gasteiger partial charge < -0.3 is 14.6 Å². The van der Waals surface area contributed by atoms with E-state index in [1.807, 2.05) is 12.1 Å². The van der Waals surface area contributed by atoms with E-state index in [9.17, 15) is 5.11 Å². The quantitative estimate of drug-likeness (QED) is 0.285. The molecule has 0 amide bonds. The van der Waals surface area contributed by atoms with E-state index in [2.05, 4.69) is 68.1 Å². The molecule has 2 aromatic rings. The average molecular weight is 482 g/mol. The number of hydrogen-bond donors (Lipinski definition) is 1. The molecule has 1 aliphatic heterocycles. The Hall–Kier alpha value is -1.88. The molecule has 0 aromatic heterocycles. The smallest absolute Gasteiger partial charge is 0.119 e. The number of ether oxygens (including phenoxy) is 2. The second-order valence-corrected chi connectivity index (χ2v) is 10.5. The minimum atomic E-state index is -0.942. The van der Waals surface area contributed by atoms with Gasteiger partial charge in [-0.15, -0.1) is 0 Å². The highest BCUT2D eigenvalue weighted by atomic mass is 16.5. The van der Waals surface area contributed by atoms with Gasteiger partial charge in [0, 0.05) is 25.6 Å². The Morgan fingerprint density at radius 2 is 1.63 bits per heavy atom. The second kappa shape index (κ2) is 14.6. The van der Waals surface area contributed by atoms with Gasteiger partial charge in [0.2, 0.25) is 0 Å². The molecule has 0 radical (unpaired) electrons. The van der Waals surface area contributed by atoms with E-state index in [1.54, 1.807) is 0 Å². The Balaban J connectivity index is 1.86. The summed E-state index contributed by atoms with van der Waals surface area (Å²) in [4.78, 5) is 2.45. The fraction of sp³-hybridized carbons (Fsp3) is 0.613. The molecular formula is C31H47NO3. The lowest BCUT2D eigenvalue weighted by atomic mass is 9.73. The van der Waals surface area contributed by atoms with Crippen molar-refractivity contribution in [1.82, 2.24) is 4.90 Å². The normalized spacial score (nSPS) is 17.3. The van der Waals surface area contributed by atoms with Crippen molar-refractivity contribution in [3.05, 3.63) is 65.7 Å². The number of rotatable bonds is 15. The van der Waals surface area contributed by atoms with Crippen LogP contribution in [0.25, 0.3) is 0 Å². The number of aliphatic hydroxyl groups is 1. The largest absolute Gasteiger partial charge is 0.494 e. The first kappa shape index (κ1) is 27.7. The molecule has 0 bridgehead atoms. The van der Waals surface area contributed by atoms with Crippen LogP contribution in [0, 0.1) is 5.92 Å². The van der Waals surface area contributed by atoms with Gasteiger partial charge in [-0.3, -0.25) is 4.90 Å². The summed E-state index contributed by atoms with van der Waals surface area (Å²) in [6.07, 6.45) is 7.70. The zero-order chi connectivity index (χ0) is 24.9. The lowest BCUT2D eigenvalue weighted by molar-refractivity contribution is -0.0296. The molecule has 194 valence electrons. The van der Waals surface area contributed by atoms with E-state index in [4.69, 9.17) is 9.47 Å². The minimum absolute atomic E-state index is 0.0133. The Labute approximate surface area is 213 Å². The van der Waals surface area contributed by atoms with Crippen LogP contribution in [0.15, 0.2) is 54.6 Å². The summed E-state index contributed by atoms with van der Waals surface area (Å²) < 4.78 is 11.6.